The normalized spacial score (nSPS) is 9.75. The number of hydrogen-bond acceptors (Lipinski definition) is 4. The van der Waals surface area contributed by atoms with Crippen molar-refractivity contribution in [2.24, 2.45) is 0 Å². The van der Waals surface area contributed by atoms with Gasteiger partial charge in [-0.15, -0.1) is 0 Å². The summed E-state index contributed by atoms with van der Waals surface area (Å²) in [6, 6.07) is 1.07. The number of rotatable bonds is 1. The summed E-state index contributed by atoms with van der Waals surface area (Å²) in [5.74, 6) is -1.90. The molecule has 0 radical (unpaired) electrons. The van der Waals surface area contributed by atoms with Gasteiger partial charge in [0, 0.05) is 6.07 Å². The van der Waals surface area contributed by atoms with Gasteiger partial charge in [-0.1, -0.05) is 0 Å². The molecule has 0 spiro atoms. The Bertz CT molecular complexity index is 376. The first-order valence-corrected chi connectivity index (χ1v) is 3.09. The molecule has 0 aromatic carbocycles. The molecule has 5 heteroatoms. The molecule has 0 amide bonds. The Morgan fingerprint density at radius 3 is 2.58 bits per heavy atom. The van der Waals surface area contributed by atoms with Gasteiger partial charge in [-0.2, -0.15) is 0 Å². The molecule has 64 valence electrons. The molecule has 0 saturated heterocycles. The van der Waals surface area contributed by atoms with Crippen LogP contribution in [0.1, 0.15) is 16.1 Å². The average molecular weight is 170 g/mol. The van der Waals surface area contributed by atoms with Gasteiger partial charge in [0.15, 0.2) is 5.56 Å². The molecule has 12 heavy (non-hydrogen) atoms. The van der Waals surface area contributed by atoms with Crippen LogP contribution in [0, 0.1) is 6.92 Å². The van der Waals surface area contributed by atoms with Gasteiger partial charge in [0.05, 0.1) is 0 Å². The van der Waals surface area contributed by atoms with Crippen LogP contribution in [0.4, 0.5) is 0 Å². The lowest BCUT2D eigenvalue weighted by atomic mass is 10.2. The number of carboxylic acid groups (broad SMARTS) is 1. The number of aryl methyl sites for hydroxylation is 1. The van der Waals surface area contributed by atoms with Crippen LogP contribution in [0.2, 0.25) is 0 Å². The number of aromatic hydroxyl groups is 1. The second-order valence-electron chi connectivity index (χ2n) is 2.21. The van der Waals surface area contributed by atoms with Gasteiger partial charge in [-0.25, -0.2) is 9.59 Å². The molecule has 1 heterocycles. The third-order valence-corrected chi connectivity index (χ3v) is 1.27. The Balaban J connectivity index is 3.49. The second-order valence-corrected chi connectivity index (χ2v) is 2.21. The zero-order chi connectivity index (χ0) is 9.30. The second kappa shape index (κ2) is 2.69. The minimum atomic E-state index is -1.50. The standard InChI is InChI=1S/C7H6O5/c1-3-2-4(8)5(6(9)10)7(11)12-3/h2,8H,1H3,(H,9,10). The van der Waals surface area contributed by atoms with E-state index >= 15 is 0 Å². The predicted molar refractivity (Wildman–Crippen MR) is 38.3 cm³/mol. The maximum Gasteiger partial charge on any atom is 0.354 e. The molecular formula is C7H6O5. The fourth-order valence-corrected chi connectivity index (χ4v) is 0.793. The quantitative estimate of drug-likeness (QED) is 0.634. The minimum Gasteiger partial charge on any atom is -0.507 e. The van der Waals surface area contributed by atoms with E-state index in [0.29, 0.717) is 0 Å². The first kappa shape index (κ1) is 8.32. The third kappa shape index (κ3) is 1.29. The van der Waals surface area contributed by atoms with Gasteiger partial charge >= 0.3 is 11.6 Å². The first-order valence-electron chi connectivity index (χ1n) is 3.09. The van der Waals surface area contributed by atoms with Crippen LogP contribution in [0.3, 0.4) is 0 Å². The molecule has 0 atom stereocenters. The number of hydrogen-bond donors (Lipinski definition) is 2. The van der Waals surface area contributed by atoms with Crippen molar-refractivity contribution in [3.8, 4) is 5.75 Å². The van der Waals surface area contributed by atoms with Gasteiger partial charge in [-0.05, 0) is 6.92 Å². The van der Waals surface area contributed by atoms with Crippen LogP contribution >= 0.6 is 0 Å². The summed E-state index contributed by atoms with van der Waals surface area (Å²) in [5.41, 5.74) is -1.78. The van der Waals surface area contributed by atoms with Crippen molar-refractivity contribution in [1.29, 1.82) is 0 Å². The van der Waals surface area contributed by atoms with Gasteiger partial charge < -0.3 is 14.6 Å². The highest BCUT2D eigenvalue weighted by Crippen LogP contribution is 2.13. The number of aromatic carboxylic acids is 1. The summed E-state index contributed by atoms with van der Waals surface area (Å²) < 4.78 is 4.45. The fourth-order valence-electron chi connectivity index (χ4n) is 0.793. The van der Waals surface area contributed by atoms with Crippen molar-refractivity contribution < 1.29 is 19.4 Å². The van der Waals surface area contributed by atoms with Crippen molar-refractivity contribution in [2.45, 2.75) is 6.92 Å². The van der Waals surface area contributed by atoms with E-state index in [1.54, 1.807) is 0 Å². The smallest absolute Gasteiger partial charge is 0.354 e. The summed E-state index contributed by atoms with van der Waals surface area (Å²) >= 11 is 0. The van der Waals surface area contributed by atoms with E-state index in [4.69, 9.17) is 10.2 Å². The molecule has 5 nitrogen and oxygen atoms in total. The number of carbonyl (C=O) groups is 1. The summed E-state index contributed by atoms with van der Waals surface area (Å²) in [5, 5.41) is 17.4. The van der Waals surface area contributed by atoms with E-state index < -0.39 is 22.9 Å². The van der Waals surface area contributed by atoms with Crippen LogP contribution < -0.4 is 5.63 Å². The van der Waals surface area contributed by atoms with E-state index in [2.05, 4.69) is 4.42 Å². The van der Waals surface area contributed by atoms with Crippen LogP contribution in [0.15, 0.2) is 15.3 Å². The van der Waals surface area contributed by atoms with Crippen LogP contribution in [0.25, 0.3) is 0 Å². The maximum atomic E-state index is 10.8. The van der Waals surface area contributed by atoms with E-state index in [1.165, 1.54) is 6.92 Å². The molecule has 2 N–H and O–H groups in total. The Hall–Kier alpha value is -1.78. The highest BCUT2D eigenvalue weighted by molar-refractivity contribution is 5.89. The lowest BCUT2D eigenvalue weighted by molar-refractivity contribution is 0.0688. The SMILES string of the molecule is Cc1cc(O)c(C(=O)O)c(=O)o1. The topological polar surface area (TPSA) is 87.7 Å². The first-order chi connectivity index (χ1) is 5.52. The molecule has 1 aromatic heterocycles. The Labute approximate surface area is 66.9 Å². The summed E-state index contributed by atoms with van der Waals surface area (Å²) in [6.45, 7) is 1.44. The molecular weight excluding hydrogens is 164 g/mol. The summed E-state index contributed by atoms with van der Waals surface area (Å²) in [7, 11) is 0. The third-order valence-electron chi connectivity index (χ3n) is 1.27. The van der Waals surface area contributed by atoms with Crippen molar-refractivity contribution in [2.75, 3.05) is 0 Å². The average Bonchev–Trinajstić information content (AvgIpc) is 1.82. The van der Waals surface area contributed by atoms with Crippen molar-refractivity contribution >= 4 is 5.97 Å². The highest BCUT2D eigenvalue weighted by atomic mass is 16.4. The summed E-state index contributed by atoms with van der Waals surface area (Å²) in [6.07, 6.45) is 0. The van der Waals surface area contributed by atoms with Crippen molar-refractivity contribution in [1.82, 2.24) is 0 Å². The molecule has 0 aliphatic carbocycles. The van der Waals surface area contributed by atoms with Crippen molar-refractivity contribution in [3.05, 3.63) is 27.8 Å². The van der Waals surface area contributed by atoms with E-state index in [9.17, 15) is 9.59 Å². The largest absolute Gasteiger partial charge is 0.507 e. The predicted octanol–water partition coefficient (Wildman–Crippen LogP) is 0.352. The zero-order valence-corrected chi connectivity index (χ0v) is 6.20. The van der Waals surface area contributed by atoms with E-state index in [1.807, 2.05) is 0 Å². The van der Waals surface area contributed by atoms with Crippen LogP contribution in [-0.2, 0) is 0 Å². The van der Waals surface area contributed by atoms with Gasteiger partial charge in [-0.3, -0.25) is 0 Å². The van der Waals surface area contributed by atoms with Gasteiger partial charge in [0.25, 0.3) is 0 Å². The minimum absolute atomic E-state index is 0.169. The lowest BCUT2D eigenvalue weighted by Gasteiger charge is -1.97. The molecule has 0 bridgehead atoms. The molecule has 0 unspecified atom stereocenters. The Kier molecular flexibility index (Phi) is 1.86. The van der Waals surface area contributed by atoms with Crippen LogP contribution in [0.5, 0.6) is 5.75 Å². The fraction of sp³-hybridized carbons (Fsp3) is 0.143. The zero-order valence-electron chi connectivity index (χ0n) is 6.20. The molecule has 0 saturated carbocycles. The van der Waals surface area contributed by atoms with E-state index in [-0.39, 0.29) is 5.76 Å². The van der Waals surface area contributed by atoms with E-state index in [0.717, 1.165) is 6.07 Å². The molecule has 1 aromatic rings. The Morgan fingerprint density at radius 2 is 2.17 bits per heavy atom. The molecule has 0 aliphatic rings. The molecule has 1 rings (SSSR count). The van der Waals surface area contributed by atoms with Gasteiger partial charge in [0.1, 0.15) is 11.5 Å². The summed E-state index contributed by atoms with van der Waals surface area (Å²) in [4.78, 5) is 21.1. The van der Waals surface area contributed by atoms with Crippen molar-refractivity contribution in [3.63, 3.8) is 0 Å². The Morgan fingerprint density at radius 1 is 1.58 bits per heavy atom. The lowest BCUT2D eigenvalue weighted by Crippen LogP contribution is -2.13. The number of carboxylic acids is 1. The maximum absolute atomic E-state index is 10.8. The van der Waals surface area contributed by atoms with Gasteiger partial charge in [0.2, 0.25) is 0 Å². The van der Waals surface area contributed by atoms with Crippen LogP contribution in [-0.4, -0.2) is 16.2 Å². The highest BCUT2D eigenvalue weighted by Gasteiger charge is 2.16. The molecule has 0 aliphatic heterocycles. The molecule has 0 fully saturated rings. The monoisotopic (exact) mass is 170 g/mol.